The van der Waals surface area contributed by atoms with Crippen LogP contribution in [0.5, 0.6) is 0 Å². The minimum atomic E-state index is -0.314. The highest BCUT2D eigenvalue weighted by Crippen LogP contribution is 2.27. The van der Waals surface area contributed by atoms with Crippen LogP contribution in [0.25, 0.3) is 0 Å². The fraction of sp³-hybridized carbons (Fsp3) is 0.842. The maximum Gasteiger partial charge on any atom is 0.223 e. The van der Waals surface area contributed by atoms with Crippen LogP contribution in [0.4, 0.5) is 0 Å². The van der Waals surface area contributed by atoms with Gasteiger partial charge in [-0.15, -0.1) is 5.10 Å². The molecule has 2 fully saturated rings. The first-order valence-corrected chi connectivity index (χ1v) is 10.1. The van der Waals surface area contributed by atoms with Crippen LogP contribution in [0.3, 0.4) is 0 Å². The Labute approximate surface area is 155 Å². The van der Waals surface area contributed by atoms with Crippen molar-refractivity contribution in [1.29, 1.82) is 0 Å². The molecule has 1 aromatic heterocycles. The molecule has 2 N–H and O–H groups in total. The molecular weight excluding hydrogens is 332 g/mol. The van der Waals surface area contributed by atoms with Crippen molar-refractivity contribution < 1.29 is 14.6 Å². The van der Waals surface area contributed by atoms with Gasteiger partial charge in [0.25, 0.3) is 0 Å². The Bertz CT molecular complexity index is 571. The Morgan fingerprint density at radius 1 is 1.35 bits per heavy atom. The molecule has 1 saturated carbocycles. The first kappa shape index (κ1) is 19.3. The molecule has 0 radical (unpaired) electrons. The van der Waals surface area contributed by atoms with Gasteiger partial charge in [-0.25, -0.2) is 0 Å². The number of aryl methyl sites for hydroxylation is 2. The molecule has 146 valence electrons. The van der Waals surface area contributed by atoms with Crippen LogP contribution in [0.1, 0.15) is 64.0 Å². The van der Waals surface area contributed by atoms with Crippen LogP contribution in [0.2, 0.25) is 0 Å². The number of rotatable bonds is 8. The van der Waals surface area contributed by atoms with Crippen molar-refractivity contribution in [2.24, 2.45) is 5.92 Å². The third-order valence-corrected chi connectivity index (χ3v) is 5.62. The maximum atomic E-state index is 12.4. The molecule has 1 amide bonds. The van der Waals surface area contributed by atoms with E-state index in [-0.39, 0.29) is 36.7 Å². The molecule has 0 bridgehead atoms. The number of hydrogen-bond acceptors (Lipinski definition) is 5. The number of nitrogens with one attached hydrogen (secondary N) is 1. The number of carbonyl (C=O) groups excluding carboxylic acids is 1. The van der Waals surface area contributed by atoms with Gasteiger partial charge in [0.15, 0.2) is 0 Å². The quantitative estimate of drug-likeness (QED) is 0.735. The van der Waals surface area contributed by atoms with Crippen LogP contribution in [-0.4, -0.2) is 50.9 Å². The van der Waals surface area contributed by atoms with Crippen LogP contribution >= 0.6 is 0 Å². The topological polar surface area (TPSA) is 89.3 Å². The van der Waals surface area contributed by atoms with Crippen molar-refractivity contribution in [1.82, 2.24) is 20.3 Å². The van der Waals surface area contributed by atoms with Gasteiger partial charge >= 0.3 is 0 Å². The number of aliphatic hydroxyl groups excluding tert-OH is 1. The second kappa shape index (κ2) is 9.46. The third-order valence-electron chi connectivity index (χ3n) is 5.62. The Balaban J connectivity index is 1.45. The van der Waals surface area contributed by atoms with Crippen molar-refractivity contribution in [2.45, 2.75) is 89.5 Å². The molecule has 2 heterocycles. The molecule has 3 rings (SSSR count). The number of hydrogen-bond donors (Lipinski definition) is 2. The van der Waals surface area contributed by atoms with Crippen LogP contribution in [-0.2, 0) is 22.5 Å². The van der Waals surface area contributed by atoms with Crippen molar-refractivity contribution in [3.8, 4) is 0 Å². The summed E-state index contributed by atoms with van der Waals surface area (Å²) in [5, 5.41) is 21.2. The molecule has 3 atom stereocenters. The first-order valence-electron chi connectivity index (χ1n) is 10.1. The number of carbonyl (C=O) groups is 1. The fourth-order valence-corrected chi connectivity index (χ4v) is 4.09. The van der Waals surface area contributed by atoms with Crippen molar-refractivity contribution in [2.75, 3.05) is 6.61 Å². The summed E-state index contributed by atoms with van der Waals surface area (Å²) >= 11 is 0. The van der Waals surface area contributed by atoms with Crippen molar-refractivity contribution in [3.05, 3.63) is 11.9 Å². The normalized spacial score (nSPS) is 26.9. The van der Waals surface area contributed by atoms with Gasteiger partial charge in [0.1, 0.15) is 6.10 Å². The van der Waals surface area contributed by atoms with Gasteiger partial charge in [0, 0.05) is 18.7 Å². The Hall–Kier alpha value is -1.47. The number of nitrogens with zero attached hydrogens (tertiary/aromatic N) is 3. The largest absolute Gasteiger partial charge is 0.394 e. The fourth-order valence-electron chi connectivity index (χ4n) is 4.09. The summed E-state index contributed by atoms with van der Waals surface area (Å²) in [4.78, 5) is 12.4. The van der Waals surface area contributed by atoms with Gasteiger partial charge in [-0.05, 0) is 38.5 Å². The smallest absolute Gasteiger partial charge is 0.223 e. The van der Waals surface area contributed by atoms with Crippen LogP contribution < -0.4 is 5.32 Å². The molecule has 1 aliphatic heterocycles. The highest BCUT2D eigenvalue weighted by Gasteiger charge is 2.33. The van der Waals surface area contributed by atoms with Gasteiger partial charge in [-0.1, -0.05) is 31.4 Å². The van der Waals surface area contributed by atoms with Crippen molar-refractivity contribution in [3.63, 3.8) is 0 Å². The Kier molecular flexibility index (Phi) is 7.02. The zero-order valence-corrected chi connectivity index (χ0v) is 15.8. The predicted octanol–water partition coefficient (Wildman–Crippen LogP) is 1.84. The van der Waals surface area contributed by atoms with E-state index in [9.17, 15) is 9.90 Å². The molecule has 7 nitrogen and oxygen atoms in total. The molecule has 1 saturated heterocycles. The van der Waals surface area contributed by atoms with E-state index in [4.69, 9.17) is 4.74 Å². The van der Waals surface area contributed by atoms with E-state index in [2.05, 4.69) is 22.6 Å². The minimum Gasteiger partial charge on any atom is -0.394 e. The lowest BCUT2D eigenvalue weighted by Gasteiger charge is -2.36. The van der Waals surface area contributed by atoms with Gasteiger partial charge in [-0.2, -0.15) is 0 Å². The highest BCUT2D eigenvalue weighted by atomic mass is 16.5. The zero-order chi connectivity index (χ0) is 18.4. The van der Waals surface area contributed by atoms with E-state index >= 15 is 0 Å². The molecule has 0 aromatic carbocycles. The van der Waals surface area contributed by atoms with E-state index in [0.29, 0.717) is 0 Å². The third kappa shape index (κ3) is 5.04. The summed E-state index contributed by atoms with van der Waals surface area (Å²) in [6.45, 7) is 2.83. The molecule has 26 heavy (non-hydrogen) atoms. The molecule has 0 unspecified atom stereocenters. The number of amides is 1. The lowest BCUT2D eigenvalue weighted by Crippen LogP contribution is -2.52. The highest BCUT2D eigenvalue weighted by molar-refractivity contribution is 5.79. The summed E-state index contributed by atoms with van der Waals surface area (Å²) < 4.78 is 7.93. The Morgan fingerprint density at radius 2 is 2.15 bits per heavy atom. The number of aliphatic hydroxyl groups is 1. The second-order valence-electron chi connectivity index (χ2n) is 7.66. The molecular formula is C19H32N4O3. The lowest BCUT2D eigenvalue weighted by molar-refractivity contribution is -0.132. The molecule has 0 spiro atoms. The van der Waals surface area contributed by atoms with Gasteiger partial charge in [0.05, 0.1) is 24.4 Å². The molecule has 1 aliphatic carbocycles. The molecule has 1 aromatic rings. The SMILES string of the molecule is CCCc1cn(CC[C@H]2CC[C@@H](NC(=O)C3CCCC3)[C@H](CO)O2)nn1. The molecule has 2 aliphatic rings. The monoisotopic (exact) mass is 364 g/mol. The van der Waals surface area contributed by atoms with E-state index in [1.807, 2.05) is 10.9 Å². The van der Waals surface area contributed by atoms with Crippen LogP contribution in [0.15, 0.2) is 6.20 Å². The van der Waals surface area contributed by atoms with Gasteiger partial charge in [-0.3, -0.25) is 9.48 Å². The maximum absolute atomic E-state index is 12.4. The van der Waals surface area contributed by atoms with Gasteiger partial charge < -0.3 is 15.2 Å². The van der Waals surface area contributed by atoms with Crippen molar-refractivity contribution >= 4 is 5.91 Å². The van der Waals surface area contributed by atoms with Crippen LogP contribution in [0, 0.1) is 5.92 Å². The van der Waals surface area contributed by atoms with Gasteiger partial charge in [0.2, 0.25) is 5.91 Å². The minimum absolute atomic E-state index is 0.0594. The summed E-state index contributed by atoms with van der Waals surface area (Å²) in [6.07, 6.45) is 10.7. The van der Waals surface area contributed by atoms with E-state index in [0.717, 1.165) is 70.0 Å². The summed E-state index contributed by atoms with van der Waals surface area (Å²) in [5.41, 5.74) is 1.03. The Morgan fingerprint density at radius 3 is 2.88 bits per heavy atom. The number of aromatic nitrogens is 3. The summed E-state index contributed by atoms with van der Waals surface area (Å²) in [7, 11) is 0. The molecule has 7 heteroatoms. The average Bonchev–Trinajstić information content (AvgIpc) is 3.33. The summed E-state index contributed by atoms with van der Waals surface area (Å²) in [5.74, 6) is 0.288. The standard InChI is InChI=1S/C19H32N4O3/c1-2-5-15-12-23(22-21-15)11-10-16-8-9-17(18(13-24)26-16)20-19(25)14-6-3-4-7-14/h12,14,16-18,24H,2-11,13H2,1H3,(H,20,25)/t16-,17-,18+/m1/s1. The number of ether oxygens (including phenoxy) is 1. The average molecular weight is 364 g/mol. The lowest BCUT2D eigenvalue weighted by atomic mass is 9.96. The van der Waals surface area contributed by atoms with E-state index in [1.54, 1.807) is 0 Å². The van der Waals surface area contributed by atoms with E-state index < -0.39 is 0 Å². The van der Waals surface area contributed by atoms with E-state index in [1.165, 1.54) is 0 Å². The first-order chi connectivity index (χ1) is 12.7. The zero-order valence-electron chi connectivity index (χ0n) is 15.8. The predicted molar refractivity (Wildman–Crippen MR) is 97.5 cm³/mol. The summed E-state index contributed by atoms with van der Waals surface area (Å²) in [6, 6.07) is -0.0770. The second-order valence-corrected chi connectivity index (χ2v) is 7.66.